The van der Waals surface area contributed by atoms with Gasteiger partial charge >= 0.3 is 0 Å². The molecule has 0 saturated carbocycles. The predicted molar refractivity (Wildman–Crippen MR) is 55.9 cm³/mol. The van der Waals surface area contributed by atoms with E-state index in [9.17, 15) is 5.11 Å². The van der Waals surface area contributed by atoms with E-state index in [1.807, 2.05) is 10.9 Å². The highest BCUT2D eigenvalue weighted by Gasteiger charge is 2.11. The van der Waals surface area contributed by atoms with Crippen LogP contribution in [0.4, 0.5) is 0 Å². The standard InChI is InChI=1S/C10H19N3O/c1-3-9(4-2)13-7-8(6-12-13)10(14)5-11/h6-7,9-10,14H,3-5,11H2,1-2H3. The molecule has 0 aliphatic rings. The third-order valence-corrected chi connectivity index (χ3v) is 2.55. The first-order valence-corrected chi connectivity index (χ1v) is 5.15. The highest BCUT2D eigenvalue weighted by atomic mass is 16.3. The third kappa shape index (κ3) is 2.33. The van der Waals surface area contributed by atoms with Gasteiger partial charge in [0.05, 0.1) is 18.3 Å². The van der Waals surface area contributed by atoms with Crippen molar-refractivity contribution in [2.24, 2.45) is 5.73 Å². The molecule has 80 valence electrons. The lowest BCUT2D eigenvalue weighted by Gasteiger charge is -2.12. The smallest absolute Gasteiger partial charge is 0.0942 e. The van der Waals surface area contributed by atoms with Crippen LogP contribution in [0.1, 0.15) is 44.4 Å². The van der Waals surface area contributed by atoms with Gasteiger partial charge in [0.15, 0.2) is 0 Å². The highest BCUT2D eigenvalue weighted by molar-refractivity contribution is 5.08. The first-order valence-electron chi connectivity index (χ1n) is 5.15. The summed E-state index contributed by atoms with van der Waals surface area (Å²) in [5.41, 5.74) is 6.17. The zero-order valence-corrected chi connectivity index (χ0v) is 8.85. The van der Waals surface area contributed by atoms with Crippen molar-refractivity contribution >= 4 is 0 Å². The molecule has 0 saturated heterocycles. The van der Waals surface area contributed by atoms with Crippen molar-refractivity contribution in [3.05, 3.63) is 18.0 Å². The van der Waals surface area contributed by atoms with E-state index in [0.29, 0.717) is 6.04 Å². The van der Waals surface area contributed by atoms with Crippen LogP contribution in [0.5, 0.6) is 0 Å². The number of aliphatic hydroxyl groups excluding tert-OH is 1. The second-order valence-electron chi connectivity index (χ2n) is 3.48. The molecule has 3 N–H and O–H groups in total. The normalized spacial score (nSPS) is 13.5. The second kappa shape index (κ2) is 5.12. The van der Waals surface area contributed by atoms with Gasteiger partial charge in [-0.25, -0.2) is 0 Å². The molecule has 1 aromatic heterocycles. The van der Waals surface area contributed by atoms with Gasteiger partial charge in [0.25, 0.3) is 0 Å². The van der Waals surface area contributed by atoms with Gasteiger partial charge in [-0.1, -0.05) is 13.8 Å². The lowest BCUT2D eigenvalue weighted by atomic mass is 10.2. The molecule has 0 radical (unpaired) electrons. The zero-order chi connectivity index (χ0) is 10.6. The summed E-state index contributed by atoms with van der Waals surface area (Å²) in [6.45, 7) is 4.51. The predicted octanol–water partition coefficient (Wildman–Crippen LogP) is 1.24. The highest BCUT2D eigenvalue weighted by Crippen LogP contribution is 2.17. The first kappa shape index (κ1) is 11.2. The zero-order valence-electron chi connectivity index (χ0n) is 8.85. The summed E-state index contributed by atoms with van der Waals surface area (Å²) >= 11 is 0. The maximum atomic E-state index is 9.49. The largest absolute Gasteiger partial charge is 0.387 e. The van der Waals surface area contributed by atoms with E-state index in [-0.39, 0.29) is 6.54 Å². The fourth-order valence-electron chi connectivity index (χ4n) is 1.52. The molecule has 0 spiro atoms. The number of aromatic nitrogens is 2. The van der Waals surface area contributed by atoms with Crippen LogP contribution in [0, 0.1) is 0 Å². The maximum absolute atomic E-state index is 9.49. The lowest BCUT2D eigenvalue weighted by Crippen LogP contribution is -2.11. The third-order valence-electron chi connectivity index (χ3n) is 2.55. The Hall–Kier alpha value is -0.870. The molecular formula is C10H19N3O. The van der Waals surface area contributed by atoms with Gasteiger partial charge in [0, 0.05) is 18.3 Å². The molecule has 1 unspecified atom stereocenters. The summed E-state index contributed by atoms with van der Waals surface area (Å²) in [4.78, 5) is 0. The summed E-state index contributed by atoms with van der Waals surface area (Å²) in [6, 6.07) is 0.425. The Morgan fingerprint density at radius 3 is 2.64 bits per heavy atom. The van der Waals surface area contributed by atoms with E-state index in [2.05, 4.69) is 18.9 Å². The number of nitrogens with two attached hydrogens (primary N) is 1. The van der Waals surface area contributed by atoms with E-state index in [1.165, 1.54) is 0 Å². The molecule has 0 bridgehead atoms. The van der Waals surface area contributed by atoms with Crippen molar-refractivity contribution < 1.29 is 5.11 Å². The summed E-state index contributed by atoms with van der Waals surface area (Å²) in [6.07, 6.45) is 5.09. The summed E-state index contributed by atoms with van der Waals surface area (Å²) < 4.78 is 1.91. The molecule has 0 amide bonds. The number of aliphatic hydroxyl groups is 1. The van der Waals surface area contributed by atoms with Gasteiger partial charge in [-0.2, -0.15) is 5.10 Å². The maximum Gasteiger partial charge on any atom is 0.0942 e. The summed E-state index contributed by atoms with van der Waals surface area (Å²) in [7, 11) is 0. The van der Waals surface area contributed by atoms with Gasteiger partial charge in [0.2, 0.25) is 0 Å². The van der Waals surface area contributed by atoms with Gasteiger partial charge in [-0.3, -0.25) is 4.68 Å². The van der Waals surface area contributed by atoms with Crippen LogP contribution in [0.2, 0.25) is 0 Å². The molecule has 0 aliphatic heterocycles. The minimum atomic E-state index is -0.585. The average molecular weight is 197 g/mol. The Bertz CT molecular complexity index is 268. The Labute approximate surface area is 84.7 Å². The Balaban J connectivity index is 2.76. The molecule has 1 heterocycles. The number of hydrogen-bond acceptors (Lipinski definition) is 3. The molecule has 0 aromatic carbocycles. The number of rotatable bonds is 5. The first-order chi connectivity index (χ1) is 6.72. The number of nitrogens with zero attached hydrogens (tertiary/aromatic N) is 2. The number of hydrogen-bond donors (Lipinski definition) is 2. The van der Waals surface area contributed by atoms with E-state index >= 15 is 0 Å². The Morgan fingerprint density at radius 1 is 1.50 bits per heavy atom. The van der Waals surface area contributed by atoms with Gasteiger partial charge in [-0.15, -0.1) is 0 Å². The van der Waals surface area contributed by atoms with Crippen molar-refractivity contribution in [2.45, 2.75) is 38.8 Å². The van der Waals surface area contributed by atoms with Gasteiger partial charge < -0.3 is 10.8 Å². The molecule has 1 atom stereocenters. The average Bonchev–Trinajstić information content (AvgIpc) is 2.68. The molecule has 0 fully saturated rings. The van der Waals surface area contributed by atoms with Gasteiger partial charge in [0.1, 0.15) is 0 Å². The van der Waals surface area contributed by atoms with Crippen molar-refractivity contribution in [3.8, 4) is 0 Å². The lowest BCUT2D eigenvalue weighted by molar-refractivity contribution is 0.186. The van der Waals surface area contributed by atoms with E-state index < -0.39 is 6.10 Å². The van der Waals surface area contributed by atoms with Crippen molar-refractivity contribution in [1.29, 1.82) is 0 Å². The van der Waals surface area contributed by atoms with Crippen LogP contribution in [0.3, 0.4) is 0 Å². The quantitative estimate of drug-likeness (QED) is 0.746. The van der Waals surface area contributed by atoms with Crippen LogP contribution in [0.25, 0.3) is 0 Å². The minimum Gasteiger partial charge on any atom is -0.387 e. The van der Waals surface area contributed by atoms with Crippen LogP contribution in [-0.2, 0) is 0 Å². The van der Waals surface area contributed by atoms with Crippen LogP contribution in [0.15, 0.2) is 12.4 Å². The second-order valence-corrected chi connectivity index (χ2v) is 3.48. The van der Waals surface area contributed by atoms with E-state index in [1.54, 1.807) is 6.20 Å². The Morgan fingerprint density at radius 2 is 2.14 bits per heavy atom. The van der Waals surface area contributed by atoms with Crippen LogP contribution < -0.4 is 5.73 Å². The van der Waals surface area contributed by atoms with E-state index in [0.717, 1.165) is 18.4 Å². The van der Waals surface area contributed by atoms with Crippen LogP contribution >= 0.6 is 0 Å². The molecule has 4 heteroatoms. The SMILES string of the molecule is CCC(CC)n1cc(C(O)CN)cn1. The Kier molecular flexibility index (Phi) is 4.10. The fourth-order valence-corrected chi connectivity index (χ4v) is 1.52. The monoisotopic (exact) mass is 197 g/mol. The van der Waals surface area contributed by atoms with Crippen molar-refractivity contribution in [3.63, 3.8) is 0 Å². The molecule has 0 aliphatic carbocycles. The summed E-state index contributed by atoms with van der Waals surface area (Å²) in [5, 5.41) is 13.7. The minimum absolute atomic E-state index is 0.245. The molecule has 4 nitrogen and oxygen atoms in total. The topological polar surface area (TPSA) is 64.1 Å². The van der Waals surface area contributed by atoms with Crippen LogP contribution in [-0.4, -0.2) is 21.4 Å². The molecule has 1 rings (SSSR count). The molecule has 1 aromatic rings. The molecule has 14 heavy (non-hydrogen) atoms. The summed E-state index contributed by atoms with van der Waals surface area (Å²) in [5.74, 6) is 0. The van der Waals surface area contributed by atoms with Gasteiger partial charge in [-0.05, 0) is 12.8 Å². The molecular weight excluding hydrogens is 178 g/mol. The van der Waals surface area contributed by atoms with E-state index in [4.69, 9.17) is 5.73 Å². The van der Waals surface area contributed by atoms with Crippen molar-refractivity contribution in [1.82, 2.24) is 9.78 Å². The fraction of sp³-hybridized carbons (Fsp3) is 0.700. The van der Waals surface area contributed by atoms with Crippen molar-refractivity contribution in [2.75, 3.05) is 6.54 Å².